The van der Waals surface area contributed by atoms with Crippen molar-refractivity contribution >= 4 is 15.9 Å². The summed E-state index contributed by atoms with van der Waals surface area (Å²) in [6.45, 7) is 2.56. The van der Waals surface area contributed by atoms with Gasteiger partial charge in [0.1, 0.15) is 18.2 Å². The highest BCUT2D eigenvalue weighted by atomic mass is 79.9. The van der Waals surface area contributed by atoms with Gasteiger partial charge in [0.25, 0.3) is 0 Å². The molecular weight excluding hydrogens is 295 g/mol. The van der Waals surface area contributed by atoms with Crippen LogP contribution in [0.15, 0.2) is 46.9 Å². The second kappa shape index (κ2) is 6.01. The van der Waals surface area contributed by atoms with E-state index < -0.39 is 0 Å². The van der Waals surface area contributed by atoms with Crippen LogP contribution in [0, 0.1) is 5.82 Å². The summed E-state index contributed by atoms with van der Waals surface area (Å²) in [5.41, 5.74) is 2.39. The van der Waals surface area contributed by atoms with Crippen LogP contribution in [0.25, 0.3) is 0 Å². The highest BCUT2D eigenvalue weighted by Crippen LogP contribution is 2.26. The smallest absolute Gasteiger partial charge is 0.136 e. The topological polar surface area (TPSA) is 9.23 Å². The average Bonchev–Trinajstić information content (AvgIpc) is 2.40. The first kappa shape index (κ1) is 13.1. The number of rotatable bonds is 4. The van der Waals surface area contributed by atoms with Crippen LogP contribution in [0.1, 0.15) is 18.1 Å². The maximum absolute atomic E-state index is 13.1. The molecule has 0 aliphatic rings. The van der Waals surface area contributed by atoms with E-state index in [0.717, 1.165) is 16.5 Å². The fraction of sp³-hybridized carbons (Fsp3) is 0.200. The molecule has 0 atom stereocenters. The van der Waals surface area contributed by atoms with E-state index in [2.05, 4.69) is 28.9 Å². The Labute approximate surface area is 115 Å². The van der Waals surface area contributed by atoms with E-state index in [1.54, 1.807) is 6.07 Å². The first-order chi connectivity index (χ1) is 8.70. The SMILES string of the molecule is CCc1ccccc1COc1cc(F)ccc1Br. The Balaban J connectivity index is 2.14. The molecule has 94 valence electrons. The Bertz CT molecular complexity index is 540. The van der Waals surface area contributed by atoms with Gasteiger partial charge in [-0.1, -0.05) is 31.2 Å². The maximum Gasteiger partial charge on any atom is 0.136 e. The van der Waals surface area contributed by atoms with Gasteiger partial charge in [0.15, 0.2) is 0 Å². The highest BCUT2D eigenvalue weighted by Gasteiger charge is 2.05. The van der Waals surface area contributed by atoms with Crippen molar-refractivity contribution in [1.82, 2.24) is 0 Å². The van der Waals surface area contributed by atoms with Gasteiger partial charge >= 0.3 is 0 Å². The molecule has 0 aromatic heterocycles. The van der Waals surface area contributed by atoms with Crippen molar-refractivity contribution in [2.75, 3.05) is 0 Å². The lowest BCUT2D eigenvalue weighted by atomic mass is 10.1. The minimum atomic E-state index is -0.294. The predicted molar refractivity (Wildman–Crippen MR) is 74.3 cm³/mol. The van der Waals surface area contributed by atoms with Crippen molar-refractivity contribution in [3.8, 4) is 5.75 Å². The molecule has 0 fully saturated rings. The molecule has 2 aromatic rings. The first-order valence-corrected chi connectivity index (χ1v) is 6.64. The van der Waals surface area contributed by atoms with E-state index in [1.807, 2.05) is 18.2 Å². The molecular formula is C15H14BrFO. The minimum Gasteiger partial charge on any atom is -0.488 e. The molecule has 0 spiro atoms. The van der Waals surface area contributed by atoms with Crippen molar-refractivity contribution in [2.45, 2.75) is 20.0 Å². The van der Waals surface area contributed by atoms with E-state index in [9.17, 15) is 4.39 Å². The third-order valence-corrected chi connectivity index (χ3v) is 3.43. The van der Waals surface area contributed by atoms with Gasteiger partial charge in [0.05, 0.1) is 4.47 Å². The number of benzene rings is 2. The third-order valence-electron chi connectivity index (χ3n) is 2.78. The van der Waals surface area contributed by atoms with Gasteiger partial charge < -0.3 is 4.74 Å². The van der Waals surface area contributed by atoms with Crippen LogP contribution in [0.5, 0.6) is 5.75 Å². The van der Waals surface area contributed by atoms with Crippen molar-refractivity contribution in [1.29, 1.82) is 0 Å². The van der Waals surface area contributed by atoms with E-state index in [4.69, 9.17) is 4.74 Å². The van der Waals surface area contributed by atoms with Crippen molar-refractivity contribution in [2.24, 2.45) is 0 Å². The van der Waals surface area contributed by atoms with Gasteiger partial charge in [-0.3, -0.25) is 0 Å². The number of halogens is 2. The summed E-state index contributed by atoms with van der Waals surface area (Å²) in [6, 6.07) is 12.6. The molecule has 1 nitrogen and oxygen atoms in total. The van der Waals surface area contributed by atoms with Crippen molar-refractivity contribution in [3.63, 3.8) is 0 Å². The minimum absolute atomic E-state index is 0.294. The van der Waals surface area contributed by atoms with Gasteiger partial charge in [-0.25, -0.2) is 4.39 Å². The van der Waals surface area contributed by atoms with E-state index >= 15 is 0 Å². The lowest BCUT2D eigenvalue weighted by Crippen LogP contribution is -2.00. The molecule has 0 saturated carbocycles. The lowest BCUT2D eigenvalue weighted by molar-refractivity contribution is 0.301. The fourth-order valence-electron chi connectivity index (χ4n) is 1.79. The third kappa shape index (κ3) is 3.10. The van der Waals surface area contributed by atoms with Crippen LogP contribution in [0.2, 0.25) is 0 Å². The Hall–Kier alpha value is -1.35. The fourth-order valence-corrected chi connectivity index (χ4v) is 2.15. The number of hydrogen-bond acceptors (Lipinski definition) is 1. The summed E-state index contributed by atoms with van der Waals surface area (Å²) < 4.78 is 19.5. The summed E-state index contributed by atoms with van der Waals surface area (Å²) in [4.78, 5) is 0. The number of ether oxygens (including phenoxy) is 1. The van der Waals surface area contributed by atoms with Crippen LogP contribution in [-0.2, 0) is 13.0 Å². The Morgan fingerprint density at radius 2 is 1.83 bits per heavy atom. The molecule has 0 heterocycles. The monoisotopic (exact) mass is 308 g/mol. The molecule has 0 unspecified atom stereocenters. The molecule has 2 aromatic carbocycles. The largest absolute Gasteiger partial charge is 0.488 e. The second-order valence-electron chi connectivity index (χ2n) is 3.99. The van der Waals surface area contributed by atoms with Crippen LogP contribution < -0.4 is 4.74 Å². The molecule has 3 heteroatoms. The molecule has 0 radical (unpaired) electrons. The van der Waals surface area contributed by atoms with Crippen LogP contribution in [-0.4, -0.2) is 0 Å². The molecule has 2 rings (SSSR count). The molecule has 0 aliphatic carbocycles. The van der Waals surface area contributed by atoms with Crippen LogP contribution >= 0.6 is 15.9 Å². The second-order valence-corrected chi connectivity index (χ2v) is 4.84. The zero-order valence-corrected chi connectivity index (χ0v) is 11.7. The van der Waals surface area contributed by atoms with Gasteiger partial charge in [-0.15, -0.1) is 0 Å². The van der Waals surface area contributed by atoms with Crippen LogP contribution in [0.3, 0.4) is 0 Å². The predicted octanol–water partition coefficient (Wildman–Crippen LogP) is 4.73. The normalized spacial score (nSPS) is 10.4. The zero-order valence-electron chi connectivity index (χ0n) is 10.1. The van der Waals surface area contributed by atoms with Gasteiger partial charge in [-0.05, 0) is 45.6 Å². The summed E-state index contributed by atoms with van der Waals surface area (Å²) in [7, 11) is 0. The average molecular weight is 309 g/mol. The quantitative estimate of drug-likeness (QED) is 0.793. The summed E-state index contributed by atoms with van der Waals surface area (Å²) in [5.74, 6) is 0.234. The maximum atomic E-state index is 13.1. The Morgan fingerprint density at radius 1 is 1.11 bits per heavy atom. The van der Waals surface area contributed by atoms with Gasteiger partial charge in [-0.2, -0.15) is 0 Å². The molecule has 0 amide bonds. The standard InChI is InChI=1S/C15H14BrFO/c1-2-11-5-3-4-6-12(11)10-18-15-9-13(17)7-8-14(15)16/h3-9H,2,10H2,1H3. The van der Waals surface area contributed by atoms with E-state index in [-0.39, 0.29) is 5.82 Å². The van der Waals surface area contributed by atoms with E-state index in [1.165, 1.54) is 17.7 Å². The molecule has 18 heavy (non-hydrogen) atoms. The first-order valence-electron chi connectivity index (χ1n) is 5.85. The Morgan fingerprint density at radius 3 is 2.56 bits per heavy atom. The zero-order chi connectivity index (χ0) is 13.0. The van der Waals surface area contributed by atoms with Crippen molar-refractivity contribution in [3.05, 3.63) is 63.9 Å². The Kier molecular flexibility index (Phi) is 4.37. The highest BCUT2D eigenvalue weighted by molar-refractivity contribution is 9.10. The lowest BCUT2D eigenvalue weighted by Gasteiger charge is -2.11. The van der Waals surface area contributed by atoms with Gasteiger partial charge in [0, 0.05) is 6.07 Å². The molecule has 0 N–H and O–H groups in total. The molecule has 0 saturated heterocycles. The summed E-state index contributed by atoms with van der Waals surface area (Å²) in [5, 5.41) is 0. The summed E-state index contributed by atoms with van der Waals surface area (Å²) in [6.07, 6.45) is 0.962. The number of aryl methyl sites for hydroxylation is 1. The summed E-state index contributed by atoms with van der Waals surface area (Å²) >= 11 is 3.35. The van der Waals surface area contributed by atoms with E-state index in [0.29, 0.717) is 12.4 Å². The molecule has 0 bridgehead atoms. The van der Waals surface area contributed by atoms with Gasteiger partial charge in [0.2, 0.25) is 0 Å². The number of hydrogen-bond donors (Lipinski definition) is 0. The van der Waals surface area contributed by atoms with Crippen molar-refractivity contribution < 1.29 is 9.13 Å². The van der Waals surface area contributed by atoms with Crippen LogP contribution in [0.4, 0.5) is 4.39 Å². The molecule has 0 aliphatic heterocycles.